The molecule has 1 fully saturated rings. The highest BCUT2D eigenvalue weighted by atomic mass is 19.4. The molecule has 0 bridgehead atoms. The lowest BCUT2D eigenvalue weighted by Gasteiger charge is -2.23. The van der Waals surface area contributed by atoms with E-state index in [0.717, 1.165) is 25.9 Å². The van der Waals surface area contributed by atoms with Crippen molar-refractivity contribution in [3.8, 4) is 17.5 Å². The summed E-state index contributed by atoms with van der Waals surface area (Å²) in [5.74, 6) is 0.394. The Bertz CT molecular complexity index is 851. The number of benzene rings is 1. The van der Waals surface area contributed by atoms with Crippen LogP contribution in [0.5, 0.6) is 17.5 Å². The van der Waals surface area contributed by atoms with Gasteiger partial charge >= 0.3 is 6.36 Å². The lowest BCUT2D eigenvalue weighted by Crippen LogP contribution is -2.34. The number of piperidine rings is 1. The van der Waals surface area contributed by atoms with Crippen LogP contribution in [0.2, 0.25) is 0 Å². The summed E-state index contributed by atoms with van der Waals surface area (Å²) in [5, 5.41) is 7.29. The van der Waals surface area contributed by atoms with Gasteiger partial charge in [-0.1, -0.05) is 5.16 Å². The molecular formula is C19H21F3N4O3. The lowest BCUT2D eigenvalue weighted by molar-refractivity contribution is -0.274. The van der Waals surface area contributed by atoms with Crippen LogP contribution >= 0.6 is 0 Å². The van der Waals surface area contributed by atoms with Crippen molar-refractivity contribution in [3.05, 3.63) is 41.7 Å². The monoisotopic (exact) mass is 410 g/mol. The van der Waals surface area contributed by atoms with Crippen LogP contribution in [0, 0.1) is 6.92 Å². The summed E-state index contributed by atoms with van der Waals surface area (Å²) in [7, 11) is 0. The number of rotatable bonds is 6. The molecule has 0 amide bonds. The second-order valence-corrected chi connectivity index (χ2v) is 6.52. The zero-order chi connectivity index (χ0) is 20.9. The molecule has 3 rings (SSSR count). The van der Waals surface area contributed by atoms with Gasteiger partial charge < -0.3 is 19.6 Å². The molecule has 0 atom stereocenters. The van der Waals surface area contributed by atoms with Crippen LogP contribution in [0.1, 0.15) is 30.9 Å². The Morgan fingerprint density at radius 2 is 1.76 bits per heavy atom. The highest BCUT2D eigenvalue weighted by Crippen LogP contribution is 2.26. The first-order valence-electron chi connectivity index (χ1n) is 9.08. The van der Waals surface area contributed by atoms with Gasteiger partial charge in [0, 0.05) is 0 Å². The van der Waals surface area contributed by atoms with E-state index in [0.29, 0.717) is 22.7 Å². The summed E-state index contributed by atoms with van der Waals surface area (Å²) in [5.41, 5.74) is 1.66. The molecule has 0 aliphatic carbocycles. The number of halogens is 3. The van der Waals surface area contributed by atoms with Crippen molar-refractivity contribution in [2.45, 2.75) is 39.2 Å². The Hall–Kier alpha value is -2.88. The molecule has 156 valence electrons. The maximum atomic E-state index is 12.2. The molecule has 1 aliphatic rings. The first kappa shape index (κ1) is 20.8. The Kier molecular flexibility index (Phi) is 6.53. The molecule has 2 aromatic rings. The Morgan fingerprint density at radius 1 is 1.10 bits per heavy atom. The third kappa shape index (κ3) is 6.05. The zero-order valence-electron chi connectivity index (χ0n) is 16.0. The van der Waals surface area contributed by atoms with Gasteiger partial charge in [-0.05, 0) is 69.6 Å². The number of nitrogens with one attached hydrogen (secondary N) is 1. The van der Waals surface area contributed by atoms with E-state index >= 15 is 0 Å². The third-order valence-electron chi connectivity index (χ3n) is 4.33. The molecule has 1 saturated heterocycles. The Balaban J connectivity index is 1.66. The van der Waals surface area contributed by atoms with Crippen molar-refractivity contribution in [1.82, 2.24) is 15.3 Å². The van der Waals surface area contributed by atoms with Crippen LogP contribution < -0.4 is 19.6 Å². The fourth-order valence-corrected chi connectivity index (χ4v) is 2.76. The molecular weight excluding hydrogens is 389 g/mol. The van der Waals surface area contributed by atoms with Gasteiger partial charge in [0.25, 0.3) is 5.88 Å². The predicted molar refractivity (Wildman–Crippen MR) is 99.3 cm³/mol. The number of oxime groups is 1. The summed E-state index contributed by atoms with van der Waals surface area (Å²) in [6.07, 6.45) is -1.52. The van der Waals surface area contributed by atoms with Crippen molar-refractivity contribution in [1.29, 1.82) is 0 Å². The van der Waals surface area contributed by atoms with Crippen LogP contribution in [0.25, 0.3) is 0 Å². The normalized spacial score (nSPS) is 15.8. The van der Waals surface area contributed by atoms with E-state index in [1.807, 2.05) is 0 Å². The third-order valence-corrected chi connectivity index (χ3v) is 4.33. The standard InChI is InChI=1S/C19H21F3N4O3/c1-12-17(27-15-7-9-23-10-8-15)24-11-25-18(12)29-26-13(2)14-3-5-16(6-4-14)28-19(20,21)22/h3-6,11,15,23H,7-10H2,1-2H3. The topological polar surface area (TPSA) is 77.9 Å². The number of alkyl halides is 3. The molecule has 7 nitrogen and oxygen atoms in total. The summed E-state index contributed by atoms with van der Waals surface area (Å²) in [4.78, 5) is 13.7. The minimum Gasteiger partial charge on any atom is -0.474 e. The van der Waals surface area contributed by atoms with Crippen LogP contribution in [-0.2, 0) is 0 Å². The molecule has 0 spiro atoms. The van der Waals surface area contributed by atoms with Crippen LogP contribution in [-0.4, -0.2) is 41.2 Å². The molecule has 0 saturated carbocycles. The van der Waals surface area contributed by atoms with Crippen LogP contribution in [0.4, 0.5) is 13.2 Å². The summed E-state index contributed by atoms with van der Waals surface area (Å²) in [6.45, 7) is 5.24. The molecule has 29 heavy (non-hydrogen) atoms. The minimum atomic E-state index is -4.73. The van der Waals surface area contributed by atoms with Gasteiger partial charge in [-0.3, -0.25) is 0 Å². The summed E-state index contributed by atoms with van der Waals surface area (Å²) < 4.78 is 46.5. The molecule has 0 radical (unpaired) electrons. The first-order valence-corrected chi connectivity index (χ1v) is 9.08. The van der Waals surface area contributed by atoms with Crippen LogP contribution in [0.3, 0.4) is 0 Å². The number of aromatic nitrogens is 2. The predicted octanol–water partition coefficient (Wildman–Crippen LogP) is 3.62. The van der Waals surface area contributed by atoms with Gasteiger partial charge in [-0.25, -0.2) is 4.98 Å². The van der Waals surface area contributed by atoms with E-state index in [1.54, 1.807) is 13.8 Å². The summed E-state index contributed by atoms with van der Waals surface area (Å²) >= 11 is 0. The molecule has 2 heterocycles. The maximum absolute atomic E-state index is 12.2. The number of nitrogens with zero attached hydrogens (tertiary/aromatic N) is 3. The van der Waals surface area contributed by atoms with Gasteiger partial charge in [0.2, 0.25) is 5.88 Å². The van der Waals surface area contributed by atoms with E-state index in [2.05, 4.69) is 25.2 Å². The lowest BCUT2D eigenvalue weighted by atomic mass is 10.1. The summed E-state index contributed by atoms with van der Waals surface area (Å²) in [6, 6.07) is 5.34. The second kappa shape index (κ2) is 9.08. The van der Waals surface area contributed by atoms with Gasteiger partial charge in [-0.15, -0.1) is 13.2 Å². The van der Waals surface area contributed by atoms with Crippen molar-refractivity contribution in [2.24, 2.45) is 5.16 Å². The largest absolute Gasteiger partial charge is 0.573 e. The van der Waals surface area contributed by atoms with Crippen molar-refractivity contribution < 1.29 is 27.5 Å². The molecule has 1 aliphatic heterocycles. The minimum absolute atomic E-state index is 0.0837. The first-order chi connectivity index (χ1) is 13.8. The number of hydrogen-bond donors (Lipinski definition) is 1. The maximum Gasteiger partial charge on any atom is 0.573 e. The van der Waals surface area contributed by atoms with Crippen molar-refractivity contribution in [3.63, 3.8) is 0 Å². The fourth-order valence-electron chi connectivity index (χ4n) is 2.76. The van der Waals surface area contributed by atoms with Gasteiger partial charge in [-0.2, -0.15) is 4.98 Å². The quantitative estimate of drug-likeness (QED) is 0.579. The van der Waals surface area contributed by atoms with E-state index in [4.69, 9.17) is 9.57 Å². The molecule has 0 unspecified atom stereocenters. The van der Waals surface area contributed by atoms with Gasteiger partial charge in [0.05, 0.1) is 11.3 Å². The van der Waals surface area contributed by atoms with E-state index in [1.165, 1.54) is 30.6 Å². The van der Waals surface area contributed by atoms with Crippen LogP contribution in [0.15, 0.2) is 35.7 Å². The Labute approximate surface area is 165 Å². The second-order valence-electron chi connectivity index (χ2n) is 6.52. The Morgan fingerprint density at radius 3 is 2.41 bits per heavy atom. The van der Waals surface area contributed by atoms with E-state index in [-0.39, 0.29) is 17.7 Å². The SMILES string of the molecule is CC(=NOc1ncnc(OC2CCNCC2)c1C)c1ccc(OC(F)(F)F)cc1. The highest BCUT2D eigenvalue weighted by molar-refractivity contribution is 5.98. The van der Waals surface area contributed by atoms with Gasteiger partial charge in [0.15, 0.2) is 0 Å². The molecule has 10 heteroatoms. The molecule has 1 N–H and O–H groups in total. The zero-order valence-corrected chi connectivity index (χ0v) is 16.0. The molecule has 1 aromatic carbocycles. The molecule has 1 aromatic heterocycles. The van der Waals surface area contributed by atoms with Gasteiger partial charge in [0.1, 0.15) is 18.2 Å². The number of ether oxygens (including phenoxy) is 2. The van der Waals surface area contributed by atoms with Crippen molar-refractivity contribution in [2.75, 3.05) is 13.1 Å². The average molecular weight is 410 g/mol. The van der Waals surface area contributed by atoms with Crippen molar-refractivity contribution >= 4 is 5.71 Å². The fraction of sp³-hybridized carbons (Fsp3) is 0.421. The van der Waals surface area contributed by atoms with E-state index < -0.39 is 6.36 Å². The average Bonchev–Trinajstić information content (AvgIpc) is 2.68. The highest BCUT2D eigenvalue weighted by Gasteiger charge is 2.31. The smallest absolute Gasteiger partial charge is 0.474 e. The number of hydrogen-bond acceptors (Lipinski definition) is 7. The van der Waals surface area contributed by atoms with E-state index in [9.17, 15) is 13.2 Å².